The first-order valence-electron chi connectivity index (χ1n) is 9.29. The van der Waals surface area contributed by atoms with E-state index in [2.05, 4.69) is 32.2 Å². The fraction of sp³-hybridized carbons (Fsp3) is 0.389. The van der Waals surface area contributed by atoms with Gasteiger partial charge in [0.05, 0.1) is 26.5 Å². The van der Waals surface area contributed by atoms with Gasteiger partial charge in [-0.25, -0.2) is 18.2 Å². The maximum atomic E-state index is 13.0. The van der Waals surface area contributed by atoms with Crippen LogP contribution in [0.4, 0.5) is 0 Å². The average Bonchev–Trinajstić information content (AvgIpc) is 3.15. The zero-order valence-electron chi connectivity index (χ0n) is 15.8. The smallest absolute Gasteiger partial charge is 0.307 e. The van der Waals surface area contributed by atoms with Gasteiger partial charge >= 0.3 is 5.69 Å². The number of aromatic amines is 2. The van der Waals surface area contributed by atoms with Crippen LogP contribution in [0.3, 0.4) is 0 Å². The van der Waals surface area contributed by atoms with Crippen LogP contribution in [-0.4, -0.2) is 58.8 Å². The number of rotatable bonds is 5. The molecule has 29 heavy (non-hydrogen) atoms. The fourth-order valence-electron chi connectivity index (χ4n) is 3.39. The van der Waals surface area contributed by atoms with Crippen molar-refractivity contribution in [1.29, 1.82) is 0 Å². The second-order valence-electron chi connectivity index (χ2n) is 6.88. The third kappa shape index (κ3) is 4.04. The molecular weight excluding hydrogens is 414 g/mol. The summed E-state index contributed by atoms with van der Waals surface area (Å²) < 4.78 is 27.5. The summed E-state index contributed by atoms with van der Waals surface area (Å²) in [6.07, 6.45) is 0.916. The molecule has 1 aliphatic heterocycles. The van der Waals surface area contributed by atoms with E-state index < -0.39 is 21.3 Å². The van der Waals surface area contributed by atoms with Gasteiger partial charge < -0.3 is 4.98 Å². The summed E-state index contributed by atoms with van der Waals surface area (Å²) in [6, 6.07) is 4.18. The summed E-state index contributed by atoms with van der Waals surface area (Å²) in [4.78, 5) is 34.8. The Morgan fingerprint density at radius 3 is 2.59 bits per heavy atom. The maximum Gasteiger partial charge on any atom is 0.326 e. The number of H-pyrrole nitrogens is 2. The first-order valence-corrected chi connectivity index (χ1v) is 11.6. The van der Waals surface area contributed by atoms with Gasteiger partial charge in [0.1, 0.15) is 0 Å². The topological polar surface area (TPSA) is 119 Å². The summed E-state index contributed by atoms with van der Waals surface area (Å²) in [5.74, 6) is 0. The van der Waals surface area contributed by atoms with Gasteiger partial charge in [-0.05, 0) is 24.6 Å². The number of aryl methyl sites for hydroxylation is 1. The molecule has 1 fully saturated rings. The molecule has 1 aliphatic rings. The summed E-state index contributed by atoms with van der Waals surface area (Å²) in [5, 5.41) is 3.30. The second kappa shape index (κ2) is 7.82. The van der Waals surface area contributed by atoms with E-state index in [0.29, 0.717) is 38.2 Å². The van der Waals surface area contributed by atoms with E-state index in [0.717, 1.165) is 17.1 Å². The molecule has 1 saturated heterocycles. The molecule has 0 saturated carbocycles. The Morgan fingerprint density at radius 2 is 1.90 bits per heavy atom. The Labute approximate surface area is 171 Å². The SMILES string of the molecule is CCc1nc(CN2CCN(S(=O)(=O)c3ccc4[nH]c(=O)[nH]c(=O)c4c3)CC2)cs1. The van der Waals surface area contributed by atoms with Crippen molar-refractivity contribution in [3.8, 4) is 0 Å². The van der Waals surface area contributed by atoms with Crippen molar-refractivity contribution < 1.29 is 8.42 Å². The van der Waals surface area contributed by atoms with Crippen molar-refractivity contribution in [2.24, 2.45) is 0 Å². The second-order valence-corrected chi connectivity index (χ2v) is 9.76. The number of hydrogen-bond donors (Lipinski definition) is 2. The molecule has 9 nitrogen and oxygen atoms in total. The Kier molecular flexibility index (Phi) is 5.38. The molecule has 2 N–H and O–H groups in total. The molecule has 3 heterocycles. The van der Waals surface area contributed by atoms with E-state index in [4.69, 9.17) is 0 Å². The highest BCUT2D eigenvalue weighted by Crippen LogP contribution is 2.21. The average molecular weight is 436 g/mol. The van der Waals surface area contributed by atoms with Gasteiger partial charge in [-0.3, -0.25) is 14.7 Å². The van der Waals surface area contributed by atoms with Crippen molar-refractivity contribution >= 4 is 32.3 Å². The lowest BCUT2D eigenvalue weighted by atomic mass is 10.2. The minimum Gasteiger partial charge on any atom is -0.307 e. The first kappa shape index (κ1) is 20.0. The normalized spacial score (nSPS) is 16.4. The van der Waals surface area contributed by atoms with Gasteiger partial charge in [0.2, 0.25) is 10.0 Å². The summed E-state index contributed by atoms with van der Waals surface area (Å²) in [5.41, 5.74) is 0.0869. The lowest BCUT2D eigenvalue weighted by Gasteiger charge is -2.33. The lowest BCUT2D eigenvalue weighted by molar-refractivity contribution is 0.180. The number of piperazine rings is 1. The molecule has 11 heteroatoms. The van der Waals surface area contributed by atoms with Crippen LogP contribution in [0.15, 0.2) is 38.1 Å². The molecule has 4 rings (SSSR count). The highest BCUT2D eigenvalue weighted by Gasteiger charge is 2.29. The lowest BCUT2D eigenvalue weighted by Crippen LogP contribution is -2.48. The van der Waals surface area contributed by atoms with Crippen LogP contribution in [0.2, 0.25) is 0 Å². The standard InChI is InChI=1S/C18H21N5O4S2/c1-2-16-19-12(11-28-16)10-22-5-7-23(8-6-22)29(26,27)13-3-4-15-14(9-13)17(24)21-18(25)20-15/h3-4,9,11H,2,5-8,10H2,1H3,(H2,20,21,24,25). The van der Waals surface area contributed by atoms with Crippen LogP contribution in [0.5, 0.6) is 0 Å². The van der Waals surface area contributed by atoms with Crippen molar-refractivity contribution in [3.05, 3.63) is 55.1 Å². The van der Waals surface area contributed by atoms with Crippen molar-refractivity contribution in [2.75, 3.05) is 26.2 Å². The molecule has 0 radical (unpaired) electrons. The molecule has 0 bridgehead atoms. The number of benzene rings is 1. The number of fused-ring (bicyclic) bond motifs is 1. The van der Waals surface area contributed by atoms with Crippen molar-refractivity contribution in [3.63, 3.8) is 0 Å². The van der Waals surface area contributed by atoms with Crippen LogP contribution in [0, 0.1) is 0 Å². The molecule has 1 aromatic carbocycles. The van der Waals surface area contributed by atoms with E-state index in [1.165, 1.54) is 22.5 Å². The Balaban J connectivity index is 1.49. The Morgan fingerprint density at radius 1 is 1.14 bits per heavy atom. The number of sulfonamides is 1. The predicted molar refractivity (Wildman–Crippen MR) is 111 cm³/mol. The van der Waals surface area contributed by atoms with Gasteiger partial charge in [0.25, 0.3) is 5.56 Å². The van der Waals surface area contributed by atoms with Gasteiger partial charge in [0, 0.05) is 38.1 Å². The van der Waals surface area contributed by atoms with Crippen molar-refractivity contribution in [2.45, 2.75) is 24.8 Å². The minimum absolute atomic E-state index is 0.0445. The van der Waals surface area contributed by atoms with Gasteiger partial charge in [-0.2, -0.15) is 4.31 Å². The fourth-order valence-corrected chi connectivity index (χ4v) is 5.58. The largest absolute Gasteiger partial charge is 0.326 e. The van der Waals surface area contributed by atoms with Crippen LogP contribution >= 0.6 is 11.3 Å². The zero-order valence-corrected chi connectivity index (χ0v) is 17.5. The monoisotopic (exact) mass is 435 g/mol. The molecule has 0 aliphatic carbocycles. The van der Waals surface area contributed by atoms with E-state index in [9.17, 15) is 18.0 Å². The number of hydrogen-bond acceptors (Lipinski definition) is 7. The Bertz CT molecular complexity index is 1250. The zero-order chi connectivity index (χ0) is 20.6. The highest BCUT2D eigenvalue weighted by molar-refractivity contribution is 7.89. The van der Waals surface area contributed by atoms with Gasteiger partial charge in [-0.15, -0.1) is 11.3 Å². The van der Waals surface area contributed by atoms with Crippen LogP contribution in [0.25, 0.3) is 10.9 Å². The third-order valence-electron chi connectivity index (χ3n) is 4.97. The molecule has 0 amide bonds. The molecule has 3 aromatic rings. The first-order chi connectivity index (χ1) is 13.9. The number of nitrogens with one attached hydrogen (secondary N) is 2. The van der Waals surface area contributed by atoms with Gasteiger partial charge in [0.15, 0.2) is 0 Å². The van der Waals surface area contributed by atoms with Gasteiger partial charge in [-0.1, -0.05) is 6.92 Å². The molecule has 2 aromatic heterocycles. The van der Waals surface area contributed by atoms with E-state index in [1.807, 2.05) is 0 Å². The number of thiazole rings is 1. The van der Waals surface area contributed by atoms with Crippen molar-refractivity contribution in [1.82, 2.24) is 24.2 Å². The number of aromatic nitrogens is 3. The van der Waals surface area contributed by atoms with Crippen LogP contribution in [-0.2, 0) is 23.0 Å². The van der Waals surface area contributed by atoms with E-state index in [1.54, 1.807) is 11.3 Å². The molecule has 0 unspecified atom stereocenters. The number of nitrogens with zero attached hydrogens (tertiary/aromatic N) is 3. The summed E-state index contributed by atoms with van der Waals surface area (Å²) >= 11 is 1.65. The summed E-state index contributed by atoms with van der Waals surface area (Å²) in [7, 11) is -3.73. The predicted octanol–water partition coefficient (Wildman–Crippen LogP) is 0.742. The molecule has 154 valence electrons. The van der Waals surface area contributed by atoms with Crippen LogP contribution < -0.4 is 11.2 Å². The van der Waals surface area contributed by atoms with E-state index >= 15 is 0 Å². The summed E-state index contributed by atoms with van der Waals surface area (Å²) in [6.45, 7) is 4.74. The molecular formula is C18H21N5O4S2. The quantitative estimate of drug-likeness (QED) is 0.610. The third-order valence-corrected chi connectivity index (χ3v) is 7.90. The highest BCUT2D eigenvalue weighted by atomic mass is 32.2. The minimum atomic E-state index is -3.73. The molecule has 0 spiro atoms. The van der Waals surface area contributed by atoms with Crippen LogP contribution in [0.1, 0.15) is 17.6 Å². The molecule has 0 atom stereocenters. The maximum absolute atomic E-state index is 13.0. The Hall–Kier alpha value is -2.34. The van der Waals surface area contributed by atoms with E-state index in [-0.39, 0.29) is 10.3 Å².